The van der Waals surface area contributed by atoms with Crippen molar-refractivity contribution in [3.63, 3.8) is 0 Å². The highest BCUT2D eigenvalue weighted by atomic mass is 16.1. The Hall–Kier alpha value is -1.29. The van der Waals surface area contributed by atoms with Gasteiger partial charge in [-0.1, -0.05) is 13.8 Å². The predicted octanol–water partition coefficient (Wildman–Crippen LogP) is 0.729. The first-order valence-electron chi connectivity index (χ1n) is 4.66. The number of aromatic nitrogens is 1. The molecule has 4 nitrogen and oxygen atoms in total. The summed E-state index contributed by atoms with van der Waals surface area (Å²) < 4.78 is 0. The zero-order chi connectivity index (χ0) is 10.6. The first-order chi connectivity index (χ1) is 6.55. The van der Waals surface area contributed by atoms with E-state index in [-0.39, 0.29) is 11.3 Å². The largest absolute Gasteiger partial charge is 0.367 e. The van der Waals surface area contributed by atoms with E-state index in [0.717, 1.165) is 0 Å². The van der Waals surface area contributed by atoms with Crippen molar-refractivity contribution in [2.45, 2.75) is 13.8 Å². The normalized spacial score (nSPS) is 11.4. The second kappa shape index (κ2) is 4.28. The second-order valence-corrected chi connectivity index (χ2v) is 4.15. The van der Waals surface area contributed by atoms with Gasteiger partial charge in [0.2, 0.25) is 0 Å². The van der Waals surface area contributed by atoms with E-state index in [4.69, 9.17) is 5.73 Å². The van der Waals surface area contributed by atoms with E-state index in [1.807, 2.05) is 13.8 Å². The van der Waals surface area contributed by atoms with Crippen molar-refractivity contribution < 1.29 is 4.79 Å². The average Bonchev–Trinajstić information content (AvgIpc) is 2.67. The first-order valence-corrected chi connectivity index (χ1v) is 4.66. The number of hydrogen-bond donors (Lipinski definition) is 3. The van der Waals surface area contributed by atoms with Crippen LogP contribution in [0.15, 0.2) is 18.5 Å². The fourth-order valence-corrected chi connectivity index (χ4v) is 0.959. The third kappa shape index (κ3) is 2.88. The summed E-state index contributed by atoms with van der Waals surface area (Å²) in [5.74, 6) is -0.0622. The Kier molecular flexibility index (Phi) is 3.30. The SMILES string of the molecule is CC(C)(CN)CNC(=O)c1cc[nH]c1. The van der Waals surface area contributed by atoms with Gasteiger partial charge < -0.3 is 16.0 Å². The molecule has 0 aromatic carbocycles. The predicted molar refractivity (Wildman–Crippen MR) is 56.0 cm³/mol. The van der Waals surface area contributed by atoms with Crippen LogP contribution in [-0.4, -0.2) is 24.0 Å². The fourth-order valence-electron chi connectivity index (χ4n) is 0.959. The standard InChI is InChI=1S/C10H17N3O/c1-10(2,6-11)7-13-9(14)8-3-4-12-5-8/h3-5,12H,6-7,11H2,1-2H3,(H,13,14). The molecule has 4 N–H and O–H groups in total. The third-order valence-corrected chi connectivity index (χ3v) is 2.14. The summed E-state index contributed by atoms with van der Waals surface area (Å²) in [6.45, 7) is 5.18. The Labute approximate surface area is 83.9 Å². The highest BCUT2D eigenvalue weighted by Gasteiger charge is 2.16. The molecule has 1 amide bonds. The van der Waals surface area contributed by atoms with Gasteiger partial charge in [0.05, 0.1) is 5.56 Å². The van der Waals surface area contributed by atoms with Crippen LogP contribution < -0.4 is 11.1 Å². The number of aromatic amines is 1. The molecule has 4 heteroatoms. The van der Waals surface area contributed by atoms with Crippen LogP contribution in [0.1, 0.15) is 24.2 Å². The number of nitrogens with two attached hydrogens (primary N) is 1. The topological polar surface area (TPSA) is 70.9 Å². The molecule has 0 spiro atoms. The maximum Gasteiger partial charge on any atom is 0.252 e. The van der Waals surface area contributed by atoms with Gasteiger partial charge in [0, 0.05) is 18.9 Å². The van der Waals surface area contributed by atoms with Crippen LogP contribution in [0.2, 0.25) is 0 Å². The fraction of sp³-hybridized carbons (Fsp3) is 0.500. The maximum atomic E-state index is 11.5. The third-order valence-electron chi connectivity index (χ3n) is 2.14. The highest BCUT2D eigenvalue weighted by Crippen LogP contribution is 2.10. The number of H-pyrrole nitrogens is 1. The summed E-state index contributed by atoms with van der Waals surface area (Å²) in [5.41, 5.74) is 6.15. The zero-order valence-corrected chi connectivity index (χ0v) is 8.63. The van der Waals surface area contributed by atoms with Crippen LogP contribution in [0.25, 0.3) is 0 Å². The Morgan fingerprint density at radius 1 is 1.64 bits per heavy atom. The molecule has 0 radical (unpaired) electrons. The van der Waals surface area contributed by atoms with Crippen molar-refractivity contribution >= 4 is 5.91 Å². The molecule has 1 aromatic rings. The molecule has 78 valence electrons. The maximum absolute atomic E-state index is 11.5. The molecule has 0 aliphatic rings. The summed E-state index contributed by atoms with van der Waals surface area (Å²) in [6.07, 6.45) is 3.40. The lowest BCUT2D eigenvalue weighted by molar-refractivity contribution is 0.0938. The quantitative estimate of drug-likeness (QED) is 0.662. The van der Waals surface area contributed by atoms with Gasteiger partial charge in [-0.15, -0.1) is 0 Å². The van der Waals surface area contributed by atoms with Crippen LogP contribution in [-0.2, 0) is 0 Å². The Balaban J connectivity index is 2.43. The van der Waals surface area contributed by atoms with Gasteiger partial charge in [-0.05, 0) is 18.0 Å². The van der Waals surface area contributed by atoms with Crippen molar-refractivity contribution in [3.05, 3.63) is 24.0 Å². The minimum Gasteiger partial charge on any atom is -0.367 e. The lowest BCUT2D eigenvalue weighted by Crippen LogP contribution is -2.38. The molecule has 0 aliphatic carbocycles. The van der Waals surface area contributed by atoms with E-state index in [1.54, 1.807) is 18.5 Å². The summed E-state index contributed by atoms with van der Waals surface area (Å²) in [5, 5.41) is 2.84. The molecule has 14 heavy (non-hydrogen) atoms. The van der Waals surface area contributed by atoms with E-state index in [9.17, 15) is 4.79 Å². The molecular weight excluding hydrogens is 178 g/mol. The van der Waals surface area contributed by atoms with Gasteiger partial charge >= 0.3 is 0 Å². The molecule has 0 saturated heterocycles. The molecule has 0 atom stereocenters. The minimum absolute atomic E-state index is 0.0496. The monoisotopic (exact) mass is 195 g/mol. The lowest BCUT2D eigenvalue weighted by Gasteiger charge is -2.22. The number of carbonyl (C=O) groups is 1. The summed E-state index contributed by atoms with van der Waals surface area (Å²) in [4.78, 5) is 14.3. The van der Waals surface area contributed by atoms with Gasteiger partial charge in [-0.3, -0.25) is 4.79 Å². The Bertz CT molecular complexity index is 290. The Morgan fingerprint density at radius 3 is 2.86 bits per heavy atom. The average molecular weight is 195 g/mol. The zero-order valence-electron chi connectivity index (χ0n) is 8.63. The molecule has 0 fully saturated rings. The van der Waals surface area contributed by atoms with Gasteiger partial charge in [0.15, 0.2) is 0 Å². The molecule has 0 unspecified atom stereocenters. The lowest BCUT2D eigenvalue weighted by atomic mass is 9.94. The molecular formula is C10H17N3O. The van der Waals surface area contributed by atoms with Crippen LogP contribution in [0.4, 0.5) is 0 Å². The first kappa shape index (κ1) is 10.8. The van der Waals surface area contributed by atoms with E-state index in [0.29, 0.717) is 18.7 Å². The number of rotatable bonds is 4. The number of amides is 1. The molecule has 1 heterocycles. The molecule has 1 aromatic heterocycles. The number of nitrogens with one attached hydrogen (secondary N) is 2. The summed E-state index contributed by atoms with van der Waals surface area (Å²) >= 11 is 0. The molecule has 0 aliphatic heterocycles. The van der Waals surface area contributed by atoms with Crippen molar-refractivity contribution in [1.82, 2.24) is 10.3 Å². The van der Waals surface area contributed by atoms with E-state index in [2.05, 4.69) is 10.3 Å². The van der Waals surface area contributed by atoms with Gasteiger partial charge in [-0.2, -0.15) is 0 Å². The van der Waals surface area contributed by atoms with Crippen molar-refractivity contribution in [3.8, 4) is 0 Å². The highest BCUT2D eigenvalue weighted by molar-refractivity contribution is 5.93. The van der Waals surface area contributed by atoms with Crippen LogP contribution in [0.5, 0.6) is 0 Å². The number of hydrogen-bond acceptors (Lipinski definition) is 2. The van der Waals surface area contributed by atoms with Gasteiger partial charge in [0.1, 0.15) is 0 Å². The van der Waals surface area contributed by atoms with Crippen LogP contribution >= 0.6 is 0 Å². The van der Waals surface area contributed by atoms with Crippen molar-refractivity contribution in [1.29, 1.82) is 0 Å². The molecule has 0 saturated carbocycles. The summed E-state index contributed by atoms with van der Waals surface area (Å²) in [6, 6.07) is 1.74. The molecule has 1 rings (SSSR count). The summed E-state index contributed by atoms with van der Waals surface area (Å²) in [7, 11) is 0. The van der Waals surface area contributed by atoms with Gasteiger partial charge in [0.25, 0.3) is 5.91 Å². The number of carbonyl (C=O) groups excluding carboxylic acids is 1. The van der Waals surface area contributed by atoms with E-state index < -0.39 is 0 Å². The van der Waals surface area contributed by atoms with Crippen molar-refractivity contribution in [2.24, 2.45) is 11.1 Å². The second-order valence-electron chi connectivity index (χ2n) is 4.15. The Morgan fingerprint density at radius 2 is 2.36 bits per heavy atom. The van der Waals surface area contributed by atoms with Crippen LogP contribution in [0.3, 0.4) is 0 Å². The smallest absolute Gasteiger partial charge is 0.252 e. The van der Waals surface area contributed by atoms with Gasteiger partial charge in [-0.25, -0.2) is 0 Å². The minimum atomic E-state index is -0.0622. The molecule has 0 bridgehead atoms. The van der Waals surface area contributed by atoms with Crippen molar-refractivity contribution in [2.75, 3.05) is 13.1 Å². The van der Waals surface area contributed by atoms with E-state index >= 15 is 0 Å². The van der Waals surface area contributed by atoms with Crippen LogP contribution in [0, 0.1) is 5.41 Å². The van der Waals surface area contributed by atoms with E-state index in [1.165, 1.54) is 0 Å².